The summed E-state index contributed by atoms with van der Waals surface area (Å²) in [5.41, 5.74) is 2.17. The van der Waals surface area contributed by atoms with Crippen LogP contribution in [0.25, 0.3) is 5.78 Å². The third-order valence-corrected chi connectivity index (χ3v) is 3.61. The van der Waals surface area contributed by atoms with Gasteiger partial charge < -0.3 is 4.90 Å². The van der Waals surface area contributed by atoms with Crippen LogP contribution in [0.1, 0.15) is 11.3 Å². The molecule has 0 saturated heterocycles. The Balaban J connectivity index is 1.93. The summed E-state index contributed by atoms with van der Waals surface area (Å²) < 4.78 is 2.84. The molecule has 2 heterocycles. The van der Waals surface area contributed by atoms with Gasteiger partial charge >= 0.3 is 0 Å². The Morgan fingerprint density at radius 2 is 2.00 bits per heavy atom. The van der Waals surface area contributed by atoms with Gasteiger partial charge in [0.05, 0.1) is 0 Å². The van der Waals surface area contributed by atoms with E-state index in [-0.39, 0.29) is 0 Å². The summed E-state index contributed by atoms with van der Waals surface area (Å²) >= 11 is 3.45. The van der Waals surface area contributed by atoms with Gasteiger partial charge in [-0.2, -0.15) is 14.6 Å². The van der Waals surface area contributed by atoms with Gasteiger partial charge in [-0.25, -0.2) is 4.98 Å². The van der Waals surface area contributed by atoms with Crippen molar-refractivity contribution < 1.29 is 0 Å². The summed E-state index contributed by atoms with van der Waals surface area (Å²) in [7, 11) is 2.04. The minimum Gasteiger partial charge on any atom is -0.355 e. The highest BCUT2D eigenvalue weighted by Gasteiger charge is 2.10. The predicted octanol–water partition coefficient (Wildman–Crippen LogP) is 2.83. The van der Waals surface area contributed by atoms with Crippen molar-refractivity contribution in [3.05, 3.63) is 52.4 Å². The van der Waals surface area contributed by atoms with Crippen LogP contribution < -0.4 is 4.90 Å². The van der Waals surface area contributed by atoms with Gasteiger partial charge in [0.2, 0.25) is 0 Å². The van der Waals surface area contributed by atoms with Gasteiger partial charge in [0.25, 0.3) is 5.78 Å². The van der Waals surface area contributed by atoms with E-state index in [9.17, 15) is 0 Å². The van der Waals surface area contributed by atoms with E-state index >= 15 is 0 Å². The minimum absolute atomic E-state index is 0.627. The third kappa shape index (κ3) is 2.51. The lowest BCUT2D eigenvalue weighted by Gasteiger charge is -2.20. The molecule has 102 valence electrons. The zero-order valence-electron chi connectivity index (χ0n) is 11.3. The predicted molar refractivity (Wildman–Crippen MR) is 81.8 cm³/mol. The number of rotatable bonds is 3. The van der Waals surface area contributed by atoms with Gasteiger partial charge in [-0.05, 0) is 24.6 Å². The Kier molecular flexibility index (Phi) is 3.40. The van der Waals surface area contributed by atoms with E-state index in [2.05, 4.69) is 48.0 Å². The maximum Gasteiger partial charge on any atom is 0.254 e. The Bertz CT molecular complexity index is 735. The fourth-order valence-electron chi connectivity index (χ4n) is 2.13. The number of halogens is 1. The van der Waals surface area contributed by atoms with Gasteiger partial charge in [0.15, 0.2) is 0 Å². The molecule has 20 heavy (non-hydrogen) atoms. The molecule has 5 nitrogen and oxygen atoms in total. The highest BCUT2D eigenvalue weighted by Crippen LogP contribution is 2.18. The molecular weight excluding hydrogens is 318 g/mol. The first kappa shape index (κ1) is 13.1. The molecule has 0 bridgehead atoms. The lowest BCUT2D eigenvalue weighted by Crippen LogP contribution is -2.20. The molecule has 3 aromatic rings. The van der Waals surface area contributed by atoms with E-state index < -0.39 is 0 Å². The van der Waals surface area contributed by atoms with E-state index in [1.807, 2.05) is 32.2 Å². The molecule has 0 fully saturated rings. The standard InChI is InChI=1S/C14H14BrN5/c1-10-7-13(20-14(18-10)16-9-17-20)19(2)8-11-3-5-12(15)6-4-11/h3-7,9H,8H2,1-2H3. The fourth-order valence-corrected chi connectivity index (χ4v) is 2.39. The van der Waals surface area contributed by atoms with Crippen molar-refractivity contribution in [3.63, 3.8) is 0 Å². The number of hydrogen-bond donors (Lipinski definition) is 0. The van der Waals surface area contributed by atoms with Crippen molar-refractivity contribution in [1.82, 2.24) is 19.6 Å². The number of benzene rings is 1. The van der Waals surface area contributed by atoms with Crippen LogP contribution in [0.3, 0.4) is 0 Å². The quantitative estimate of drug-likeness (QED) is 0.740. The maximum atomic E-state index is 4.35. The molecule has 0 unspecified atom stereocenters. The summed E-state index contributed by atoms with van der Waals surface area (Å²) in [5, 5.41) is 4.23. The summed E-state index contributed by atoms with van der Waals surface area (Å²) in [6.07, 6.45) is 1.53. The van der Waals surface area contributed by atoms with Crippen molar-refractivity contribution in [2.45, 2.75) is 13.5 Å². The van der Waals surface area contributed by atoms with E-state index in [0.29, 0.717) is 5.78 Å². The van der Waals surface area contributed by atoms with Crippen LogP contribution in [0.15, 0.2) is 41.1 Å². The zero-order valence-corrected chi connectivity index (χ0v) is 12.9. The van der Waals surface area contributed by atoms with Crippen molar-refractivity contribution in [2.24, 2.45) is 0 Å². The van der Waals surface area contributed by atoms with Crippen LogP contribution in [0.2, 0.25) is 0 Å². The van der Waals surface area contributed by atoms with E-state index in [1.165, 1.54) is 11.9 Å². The van der Waals surface area contributed by atoms with E-state index in [0.717, 1.165) is 22.5 Å². The van der Waals surface area contributed by atoms with Gasteiger partial charge in [-0.3, -0.25) is 0 Å². The highest BCUT2D eigenvalue weighted by atomic mass is 79.9. The molecule has 0 N–H and O–H groups in total. The van der Waals surface area contributed by atoms with Crippen LogP contribution in [0.4, 0.5) is 5.82 Å². The van der Waals surface area contributed by atoms with Gasteiger partial charge in [-0.15, -0.1) is 0 Å². The molecule has 0 aliphatic heterocycles. The number of anilines is 1. The molecule has 2 aromatic heterocycles. The van der Waals surface area contributed by atoms with Crippen molar-refractivity contribution in [2.75, 3.05) is 11.9 Å². The van der Waals surface area contributed by atoms with E-state index in [4.69, 9.17) is 0 Å². The Hall–Kier alpha value is -1.95. The number of fused-ring (bicyclic) bond motifs is 1. The van der Waals surface area contributed by atoms with Crippen LogP contribution in [0.5, 0.6) is 0 Å². The topological polar surface area (TPSA) is 46.3 Å². The first-order valence-electron chi connectivity index (χ1n) is 6.26. The first-order valence-corrected chi connectivity index (χ1v) is 7.06. The number of aromatic nitrogens is 4. The van der Waals surface area contributed by atoms with Crippen LogP contribution in [-0.4, -0.2) is 26.6 Å². The van der Waals surface area contributed by atoms with Crippen LogP contribution in [-0.2, 0) is 6.54 Å². The third-order valence-electron chi connectivity index (χ3n) is 3.09. The normalized spacial score (nSPS) is 10.9. The van der Waals surface area contributed by atoms with Crippen molar-refractivity contribution >= 4 is 27.5 Å². The summed E-state index contributed by atoms with van der Waals surface area (Å²) in [4.78, 5) is 10.6. The minimum atomic E-state index is 0.627. The fraction of sp³-hybridized carbons (Fsp3) is 0.214. The van der Waals surface area contributed by atoms with Crippen LogP contribution >= 0.6 is 15.9 Å². The summed E-state index contributed by atoms with van der Waals surface area (Å²) in [5.74, 6) is 1.61. The highest BCUT2D eigenvalue weighted by molar-refractivity contribution is 9.10. The number of hydrogen-bond acceptors (Lipinski definition) is 4. The average molecular weight is 332 g/mol. The molecule has 0 saturated carbocycles. The zero-order chi connectivity index (χ0) is 14.1. The number of nitrogens with zero attached hydrogens (tertiary/aromatic N) is 5. The SMILES string of the molecule is Cc1cc(N(C)Cc2ccc(Br)cc2)n2ncnc2n1. The lowest BCUT2D eigenvalue weighted by molar-refractivity contribution is 0.827. The molecule has 6 heteroatoms. The smallest absolute Gasteiger partial charge is 0.254 e. The van der Waals surface area contributed by atoms with Gasteiger partial charge in [0.1, 0.15) is 12.1 Å². The summed E-state index contributed by atoms with van der Waals surface area (Å²) in [6, 6.07) is 10.3. The molecule has 0 aliphatic carbocycles. The van der Waals surface area contributed by atoms with Crippen molar-refractivity contribution in [3.8, 4) is 0 Å². The number of aryl methyl sites for hydroxylation is 1. The molecule has 0 aliphatic rings. The Morgan fingerprint density at radius 1 is 1.25 bits per heavy atom. The van der Waals surface area contributed by atoms with Crippen LogP contribution in [0, 0.1) is 6.92 Å². The van der Waals surface area contributed by atoms with Gasteiger partial charge in [0, 0.05) is 29.8 Å². The van der Waals surface area contributed by atoms with E-state index in [1.54, 1.807) is 4.52 Å². The second kappa shape index (κ2) is 5.20. The average Bonchev–Trinajstić information content (AvgIpc) is 2.88. The molecule has 0 radical (unpaired) electrons. The largest absolute Gasteiger partial charge is 0.355 e. The Morgan fingerprint density at radius 3 is 2.75 bits per heavy atom. The molecule has 0 atom stereocenters. The second-order valence-electron chi connectivity index (χ2n) is 4.71. The van der Waals surface area contributed by atoms with Crippen molar-refractivity contribution in [1.29, 1.82) is 0 Å². The maximum absolute atomic E-state index is 4.35. The van der Waals surface area contributed by atoms with Gasteiger partial charge in [-0.1, -0.05) is 28.1 Å². The molecule has 0 amide bonds. The second-order valence-corrected chi connectivity index (χ2v) is 5.63. The monoisotopic (exact) mass is 331 g/mol. The Labute approximate surface area is 125 Å². The first-order chi connectivity index (χ1) is 9.63. The lowest BCUT2D eigenvalue weighted by atomic mass is 10.2. The summed E-state index contributed by atoms with van der Waals surface area (Å²) in [6.45, 7) is 2.76. The molecule has 1 aromatic carbocycles. The molecule has 3 rings (SSSR count). The molecular formula is C14H14BrN5. The molecule has 0 spiro atoms.